The van der Waals surface area contributed by atoms with Gasteiger partial charge in [0.05, 0.1) is 19.3 Å². The van der Waals surface area contributed by atoms with Crippen LogP contribution >= 0.6 is 30.2 Å². The fraction of sp³-hybridized carbons (Fsp3) is 0.429. The minimum absolute atomic E-state index is 0.0229. The maximum absolute atomic E-state index is 13.9. The number of benzene rings is 2. The van der Waals surface area contributed by atoms with Crippen molar-refractivity contribution in [1.29, 1.82) is 0 Å². The monoisotopic (exact) mass is 500 g/mol. The molecule has 2 aromatic rings. The number of halogens is 1. The molecule has 0 aliphatic carbocycles. The molecule has 0 N–H and O–H groups in total. The van der Waals surface area contributed by atoms with Crippen LogP contribution in [0.4, 0.5) is 0 Å². The van der Waals surface area contributed by atoms with E-state index in [9.17, 15) is 4.57 Å². The van der Waals surface area contributed by atoms with Gasteiger partial charge in [-0.3, -0.25) is 4.57 Å². The molecule has 0 aromatic heterocycles. The van der Waals surface area contributed by atoms with Crippen molar-refractivity contribution in [3.63, 3.8) is 0 Å². The van der Waals surface area contributed by atoms with Crippen LogP contribution in [0.5, 0.6) is 0 Å². The topological polar surface area (TPSA) is 44.8 Å². The van der Waals surface area contributed by atoms with Crippen LogP contribution in [-0.2, 0) is 24.0 Å². The second-order valence-corrected chi connectivity index (χ2v) is 9.59. The molecule has 0 spiro atoms. The highest BCUT2D eigenvalue weighted by Crippen LogP contribution is 2.65. The summed E-state index contributed by atoms with van der Waals surface area (Å²) in [5, 5.41) is 0. The predicted molar refractivity (Wildman–Crippen MR) is 117 cm³/mol. The van der Waals surface area contributed by atoms with Crippen LogP contribution in [0.2, 0.25) is 0 Å². The van der Waals surface area contributed by atoms with Gasteiger partial charge in [0, 0.05) is 4.43 Å². The van der Waals surface area contributed by atoms with E-state index >= 15 is 0 Å². The summed E-state index contributed by atoms with van der Waals surface area (Å²) in [7, 11) is -3.40. The van der Waals surface area contributed by atoms with Gasteiger partial charge < -0.3 is 13.8 Å². The van der Waals surface area contributed by atoms with E-state index in [2.05, 4.69) is 22.6 Å². The number of hydrogen-bond acceptors (Lipinski definition) is 4. The highest BCUT2D eigenvalue weighted by atomic mass is 127. The van der Waals surface area contributed by atoms with E-state index in [0.717, 1.165) is 15.6 Å². The van der Waals surface area contributed by atoms with Crippen LogP contribution in [0.25, 0.3) is 0 Å². The van der Waals surface area contributed by atoms with Gasteiger partial charge in [0.15, 0.2) is 0 Å². The van der Waals surface area contributed by atoms with E-state index in [-0.39, 0.29) is 6.10 Å². The van der Waals surface area contributed by atoms with Crippen LogP contribution in [0.1, 0.15) is 31.4 Å². The fourth-order valence-electron chi connectivity index (χ4n) is 3.89. The molecule has 0 bridgehead atoms. The summed E-state index contributed by atoms with van der Waals surface area (Å²) in [6, 6.07) is 20.1. The standard InChI is InChI=1S/C21H26IO4P/c1-3-24-27(23,25-4-2)20-15-19(16-22)26-21(20,17-11-7-5-8-12-17)18-13-9-6-10-14-18/h5-14,19-20H,3-4,15-16H2,1-2H3. The summed E-state index contributed by atoms with van der Waals surface area (Å²) < 4.78 is 33.0. The molecule has 146 valence electrons. The molecular formula is C21H26IO4P. The molecule has 1 fully saturated rings. The van der Waals surface area contributed by atoms with Gasteiger partial charge >= 0.3 is 7.60 Å². The molecule has 0 amide bonds. The van der Waals surface area contributed by atoms with Crippen molar-refractivity contribution in [3.05, 3.63) is 71.8 Å². The zero-order chi connectivity index (χ0) is 19.3. The molecule has 1 aliphatic heterocycles. The van der Waals surface area contributed by atoms with Gasteiger partial charge in [-0.05, 0) is 31.4 Å². The summed E-state index contributed by atoms with van der Waals surface area (Å²) in [5.41, 5.74) is 0.689. The molecule has 0 saturated carbocycles. The van der Waals surface area contributed by atoms with Gasteiger partial charge in [-0.25, -0.2) is 0 Å². The van der Waals surface area contributed by atoms with E-state index in [4.69, 9.17) is 13.8 Å². The SMILES string of the molecule is CCOP(=O)(OCC)C1CC(CI)OC1(c1ccccc1)c1ccccc1. The lowest BCUT2D eigenvalue weighted by Crippen LogP contribution is -2.38. The van der Waals surface area contributed by atoms with Crippen molar-refractivity contribution in [2.24, 2.45) is 0 Å². The number of rotatable bonds is 8. The lowest BCUT2D eigenvalue weighted by Gasteiger charge is -2.38. The molecular weight excluding hydrogens is 474 g/mol. The second-order valence-electron chi connectivity index (χ2n) is 6.49. The maximum atomic E-state index is 13.9. The van der Waals surface area contributed by atoms with E-state index < -0.39 is 18.9 Å². The Kier molecular flexibility index (Phi) is 7.14. The lowest BCUT2D eigenvalue weighted by atomic mass is 9.83. The highest BCUT2D eigenvalue weighted by molar-refractivity contribution is 14.1. The largest absolute Gasteiger partial charge is 0.361 e. The van der Waals surface area contributed by atoms with Crippen molar-refractivity contribution < 1.29 is 18.3 Å². The Balaban J connectivity index is 2.23. The van der Waals surface area contributed by atoms with Crippen molar-refractivity contribution in [3.8, 4) is 0 Å². The van der Waals surface area contributed by atoms with Crippen molar-refractivity contribution in [1.82, 2.24) is 0 Å². The molecule has 0 radical (unpaired) electrons. The molecule has 6 heteroatoms. The van der Waals surface area contributed by atoms with Crippen LogP contribution in [0, 0.1) is 0 Å². The number of alkyl halides is 1. The zero-order valence-corrected chi connectivity index (χ0v) is 18.8. The third kappa shape index (κ3) is 4.03. The Morgan fingerprint density at radius 2 is 1.48 bits per heavy atom. The number of ether oxygens (including phenoxy) is 1. The van der Waals surface area contributed by atoms with Crippen molar-refractivity contribution >= 4 is 30.2 Å². The second kappa shape index (κ2) is 9.19. The Labute approximate surface area is 175 Å². The normalized spacial score (nSPS) is 22.0. The molecule has 27 heavy (non-hydrogen) atoms. The van der Waals surface area contributed by atoms with Crippen LogP contribution in [-0.4, -0.2) is 29.4 Å². The Bertz CT molecular complexity index is 719. The molecule has 1 aliphatic rings. The van der Waals surface area contributed by atoms with Crippen molar-refractivity contribution in [2.45, 2.75) is 37.6 Å². The molecule has 4 nitrogen and oxygen atoms in total. The molecule has 3 rings (SSSR count). The average molecular weight is 500 g/mol. The Morgan fingerprint density at radius 3 is 1.89 bits per heavy atom. The molecule has 1 saturated heterocycles. The van der Waals surface area contributed by atoms with E-state index in [1.807, 2.05) is 74.5 Å². The first-order valence-corrected chi connectivity index (χ1v) is 12.5. The minimum atomic E-state index is -3.40. The van der Waals surface area contributed by atoms with Gasteiger partial charge in [0.25, 0.3) is 0 Å². The molecule has 2 aromatic carbocycles. The average Bonchev–Trinajstić information content (AvgIpc) is 3.12. The van der Waals surface area contributed by atoms with Gasteiger partial charge in [-0.15, -0.1) is 0 Å². The van der Waals surface area contributed by atoms with Gasteiger partial charge in [0.1, 0.15) is 11.3 Å². The summed E-state index contributed by atoms with van der Waals surface area (Å²) in [4.78, 5) is 0. The Hall–Kier alpha value is -0.720. The summed E-state index contributed by atoms with van der Waals surface area (Å²) in [6.45, 7) is 4.37. The first kappa shape index (κ1) is 21.0. The number of hydrogen-bond donors (Lipinski definition) is 0. The molecule has 2 unspecified atom stereocenters. The lowest BCUT2D eigenvalue weighted by molar-refractivity contribution is -0.00678. The third-order valence-electron chi connectivity index (χ3n) is 4.89. The smallest absolute Gasteiger partial charge is 0.337 e. The minimum Gasteiger partial charge on any atom is -0.361 e. The fourth-order valence-corrected chi connectivity index (χ4v) is 6.88. The summed E-state index contributed by atoms with van der Waals surface area (Å²) in [5.74, 6) is 0. The maximum Gasteiger partial charge on any atom is 0.337 e. The zero-order valence-electron chi connectivity index (χ0n) is 15.7. The van der Waals surface area contributed by atoms with Crippen molar-refractivity contribution in [2.75, 3.05) is 17.6 Å². The summed E-state index contributed by atoms with van der Waals surface area (Å²) >= 11 is 2.33. The van der Waals surface area contributed by atoms with E-state index in [1.54, 1.807) is 0 Å². The van der Waals surface area contributed by atoms with Gasteiger partial charge in [-0.1, -0.05) is 83.3 Å². The first-order chi connectivity index (χ1) is 13.1. The van der Waals surface area contributed by atoms with Gasteiger partial charge in [0.2, 0.25) is 0 Å². The van der Waals surface area contributed by atoms with E-state index in [1.165, 1.54) is 0 Å². The first-order valence-electron chi connectivity index (χ1n) is 9.34. The van der Waals surface area contributed by atoms with Crippen LogP contribution in [0.15, 0.2) is 60.7 Å². The van der Waals surface area contributed by atoms with Gasteiger partial charge in [-0.2, -0.15) is 0 Å². The predicted octanol–water partition coefficient (Wildman–Crippen LogP) is 5.79. The quantitative estimate of drug-likeness (QED) is 0.262. The summed E-state index contributed by atoms with van der Waals surface area (Å²) in [6.07, 6.45) is 0.606. The highest BCUT2D eigenvalue weighted by Gasteiger charge is 2.59. The van der Waals surface area contributed by atoms with E-state index in [0.29, 0.717) is 19.6 Å². The van der Waals surface area contributed by atoms with Crippen LogP contribution in [0.3, 0.4) is 0 Å². The third-order valence-corrected chi connectivity index (χ3v) is 8.44. The Morgan fingerprint density at radius 1 is 1.00 bits per heavy atom. The molecule has 1 heterocycles. The molecule has 2 atom stereocenters. The van der Waals surface area contributed by atoms with Crippen LogP contribution < -0.4 is 0 Å².